The molecule has 0 fully saturated rings. The first kappa shape index (κ1) is 16.9. The molecule has 2 aromatic carbocycles. The van der Waals surface area contributed by atoms with Crippen LogP contribution in [0, 0.1) is 0 Å². The largest absolute Gasteiger partial charge is 0.508 e. The van der Waals surface area contributed by atoms with Crippen LogP contribution in [0.5, 0.6) is 11.5 Å². The second-order valence-corrected chi connectivity index (χ2v) is 6.21. The summed E-state index contributed by atoms with van der Waals surface area (Å²) in [6.07, 6.45) is 0.892. The van der Waals surface area contributed by atoms with E-state index >= 15 is 0 Å². The van der Waals surface area contributed by atoms with E-state index in [1.807, 2.05) is 6.92 Å². The van der Waals surface area contributed by atoms with Gasteiger partial charge in [0.05, 0.1) is 5.70 Å². The van der Waals surface area contributed by atoms with Crippen LogP contribution in [0.4, 0.5) is 0 Å². The van der Waals surface area contributed by atoms with Crippen LogP contribution in [-0.4, -0.2) is 16.0 Å². The van der Waals surface area contributed by atoms with E-state index in [1.165, 1.54) is 0 Å². The van der Waals surface area contributed by atoms with Crippen LogP contribution in [0.1, 0.15) is 37.8 Å². The van der Waals surface area contributed by atoms with Crippen LogP contribution < -0.4 is 0 Å². The summed E-state index contributed by atoms with van der Waals surface area (Å²) in [7, 11) is 0. The van der Waals surface area contributed by atoms with Gasteiger partial charge >= 0.3 is 0 Å². The van der Waals surface area contributed by atoms with Crippen molar-refractivity contribution in [3.8, 4) is 11.5 Å². The molecule has 0 saturated heterocycles. The Hall–Kier alpha value is -2.95. The number of hydrogen-bond acceptors (Lipinski definition) is 5. The summed E-state index contributed by atoms with van der Waals surface area (Å²) in [5.41, 5.74) is 2.52. The lowest BCUT2D eigenvalue weighted by molar-refractivity contribution is -0.117. The average molecular weight is 336 g/mol. The molecule has 5 nitrogen and oxygen atoms in total. The fourth-order valence-electron chi connectivity index (χ4n) is 3.34. The topological polar surface area (TPSA) is 82.2 Å². The second-order valence-electron chi connectivity index (χ2n) is 6.21. The van der Waals surface area contributed by atoms with Crippen molar-refractivity contribution in [2.75, 3.05) is 0 Å². The van der Waals surface area contributed by atoms with E-state index in [2.05, 4.69) is 10.2 Å². The maximum Gasteiger partial charge on any atom is 0.137 e. The molecule has 0 saturated carbocycles. The zero-order chi connectivity index (χ0) is 18.0. The molecular formula is C20H20N2O3. The molecule has 0 aromatic heterocycles. The summed E-state index contributed by atoms with van der Waals surface area (Å²) in [4.78, 5) is 12.0. The number of phenols is 2. The van der Waals surface area contributed by atoms with Crippen molar-refractivity contribution in [2.24, 2.45) is 10.2 Å². The molecule has 0 spiro atoms. The summed E-state index contributed by atoms with van der Waals surface area (Å²) in [6.45, 7) is 3.56. The zero-order valence-corrected chi connectivity index (χ0v) is 14.2. The van der Waals surface area contributed by atoms with Crippen LogP contribution in [0.15, 0.2) is 64.3 Å². The highest BCUT2D eigenvalue weighted by molar-refractivity contribution is 5.81. The minimum atomic E-state index is -0.846. The predicted molar refractivity (Wildman–Crippen MR) is 95.3 cm³/mol. The lowest BCUT2D eigenvalue weighted by atomic mass is 9.77. The minimum absolute atomic E-state index is 0.0185. The Morgan fingerprint density at radius 3 is 2.08 bits per heavy atom. The summed E-state index contributed by atoms with van der Waals surface area (Å²) in [5, 5.41) is 28.0. The van der Waals surface area contributed by atoms with Gasteiger partial charge in [0.15, 0.2) is 0 Å². The van der Waals surface area contributed by atoms with Crippen LogP contribution in [0.3, 0.4) is 0 Å². The number of carbonyl (C=O) groups excluding carboxylic acids is 1. The summed E-state index contributed by atoms with van der Waals surface area (Å²) in [5.74, 6) is 0.369. The molecule has 1 atom stereocenters. The van der Waals surface area contributed by atoms with Gasteiger partial charge in [0.2, 0.25) is 0 Å². The number of azo groups is 1. The zero-order valence-electron chi connectivity index (χ0n) is 14.2. The van der Waals surface area contributed by atoms with E-state index in [4.69, 9.17) is 0 Å². The van der Waals surface area contributed by atoms with Gasteiger partial charge in [0.1, 0.15) is 22.8 Å². The molecule has 0 aliphatic carbocycles. The number of hydrogen-bond donors (Lipinski definition) is 2. The number of Topliss-reactive ketones (excluding diaryl/α,β-unsaturated/α-hetero) is 1. The first-order valence-corrected chi connectivity index (χ1v) is 8.21. The quantitative estimate of drug-likeness (QED) is 0.839. The van der Waals surface area contributed by atoms with Gasteiger partial charge in [-0.1, -0.05) is 19.1 Å². The molecule has 1 heterocycles. The fraction of sp³-hybridized carbons (Fsp3) is 0.250. The molecule has 5 heteroatoms. The van der Waals surface area contributed by atoms with Crippen LogP contribution >= 0.6 is 0 Å². The summed E-state index contributed by atoms with van der Waals surface area (Å²) in [6, 6.07) is 13.6. The molecule has 0 amide bonds. The van der Waals surface area contributed by atoms with E-state index in [9.17, 15) is 15.0 Å². The maximum absolute atomic E-state index is 12.0. The molecular weight excluding hydrogens is 316 g/mol. The fourth-order valence-corrected chi connectivity index (χ4v) is 3.34. The van der Waals surface area contributed by atoms with E-state index in [0.717, 1.165) is 22.4 Å². The summed E-state index contributed by atoms with van der Waals surface area (Å²) < 4.78 is 0. The molecule has 25 heavy (non-hydrogen) atoms. The van der Waals surface area contributed by atoms with E-state index < -0.39 is 5.54 Å². The van der Waals surface area contributed by atoms with Crippen molar-refractivity contribution in [3.05, 3.63) is 65.2 Å². The van der Waals surface area contributed by atoms with Crippen molar-refractivity contribution in [1.82, 2.24) is 0 Å². The lowest BCUT2D eigenvalue weighted by Crippen LogP contribution is -2.27. The first-order valence-electron chi connectivity index (χ1n) is 8.21. The maximum atomic E-state index is 12.0. The Labute approximate surface area is 146 Å². The Bertz CT molecular complexity index is 852. The monoisotopic (exact) mass is 336 g/mol. The van der Waals surface area contributed by atoms with Crippen molar-refractivity contribution < 1.29 is 15.0 Å². The number of carbonyl (C=O) groups is 1. The smallest absolute Gasteiger partial charge is 0.137 e. The normalized spacial score (nSPS) is 19.4. The minimum Gasteiger partial charge on any atom is -0.508 e. The van der Waals surface area contributed by atoms with Crippen molar-refractivity contribution in [2.45, 2.75) is 32.2 Å². The standard InChI is InChI=1S/C20H20N2O3/c1-3-18-19(14-4-8-16(24)9-5-14)21-22-20(18,12-13(2)23)15-6-10-17(25)11-7-15/h4-11,24-25H,3,12H2,1-2H3. The number of benzene rings is 2. The van der Waals surface area contributed by atoms with Crippen molar-refractivity contribution >= 4 is 11.5 Å². The lowest BCUT2D eigenvalue weighted by Gasteiger charge is -2.28. The Morgan fingerprint density at radius 1 is 1.00 bits per heavy atom. The van der Waals surface area contributed by atoms with E-state index in [0.29, 0.717) is 6.42 Å². The van der Waals surface area contributed by atoms with E-state index in [1.54, 1.807) is 55.5 Å². The van der Waals surface area contributed by atoms with Gasteiger partial charge in [0, 0.05) is 12.0 Å². The van der Waals surface area contributed by atoms with Gasteiger partial charge in [-0.3, -0.25) is 4.79 Å². The second kappa shape index (κ2) is 6.51. The molecule has 2 aromatic rings. The molecule has 0 radical (unpaired) electrons. The van der Waals surface area contributed by atoms with Crippen LogP contribution in [-0.2, 0) is 10.3 Å². The Kier molecular flexibility index (Phi) is 4.40. The SMILES string of the molecule is CCC1=C(c2ccc(O)cc2)N=NC1(CC(C)=O)c1ccc(O)cc1. The molecule has 1 aliphatic rings. The van der Waals surface area contributed by atoms with Gasteiger partial charge in [-0.2, -0.15) is 10.2 Å². The van der Waals surface area contributed by atoms with Gasteiger partial charge in [-0.25, -0.2) is 0 Å². The van der Waals surface area contributed by atoms with Crippen molar-refractivity contribution in [1.29, 1.82) is 0 Å². The highest BCUT2D eigenvalue weighted by atomic mass is 16.3. The van der Waals surface area contributed by atoms with Crippen LogP contribution in [0.25, 0.3) is 5.70 Å². The third-order valence-electron chi connectivity index (χ3n) is 4.45. The highest BCUT2D eigenvalue weighted by Crippen LogP contribution is 2.48. The predicted octanol–water partition coefficient (Wildman–Crippen LogP) is 4.56. The third kappa shape index (κ3) is 3.05. The van der Waals surface area contributed by atoms with Gasteiger partial charge in [0.25, 0.3) is 0 Å². The number of nitrogens with zero attached hydrogens (tertiary/aromatic N) is 2. The molecule has 3 rings (SSSR count). The highest BCUT2D eigenvalue weighted by Gasteiger charge is 2.42. The molecule has 128 valence electrons. The van der Waals surface area contributed by atoms with Crippen LogP contribution in [0.2, 0.25) is 0 Å². The number of rotatable bonds is 5. The average Bonchev–Trinajstić information content (AvgIpc) is 2.94. The number of aromatic hydroxyl groups is 2. The molecule has 0 bridgehead atoms. The van der Waals surface area contributed by atoms with Gasteiger partial charge in [-0.05, 0) is 60.9 Å². The van der Waals surface area contributed by atoms with E-state index in [-0.39, 0.29) is 23.7 Å². The number of ketones is 1. The first-order chi connectivity index (χ1) is 12.0. The molecule has 1 aliphatic heterocycles. The van der Waals surface area contributed by atoms with Gasteiger partial charge < -0.3 is 10.2 Å². The molecule has 1 unspecified atom stereocenters. The Morgan fingerprint density at radius 2 is 1.56 bits per heavy atom. The van der Waals surface area contributed by atoms with Crippen molar-refractivity contribution in [3.63, 3.8) is 0 Å². The van der Waals surface area contributed by atoms with Gasteiger partial charge in [-0.15, -0.1) is 0 Å². The Balaban J connectivity index is 2.18. The summed E-state index contributed by atoms with van der Waals surface area (Å²) >= 11 is 0. The molecule has 2 N–H and O–H groups in total. The third-order valence-corrected chi connectivity index (χ3v) is 4.45. The number of phenolic OH excluding ortho intramolecular Hbond substituents is 2.